The van der Waals surface area contributed by atoms with Crippen molar-refractivity contribution < 1.29 is 43.8 Å². The summed E-state index contributed by atoms with van der Waals surface area (Å²) in [5.74, 6) is 0.457. The molecule has 0 aliphatic rings. The van der Waals surface area contributed by atoms with Crippen LogP contribution in [0.25, 0.3) is 0 Å². The quantitative estimate of drug-likeness (QED) is 0.153. The second kappa shape index (κ2) is 13.8. The molecule has 0 aromatic heterocycles. The van der Waals surface area contributed by atoms with E-state index in [1.165, 1.54) is 12.1 Å². The summed E-state index contributed by atoms with van der Waals surface area (Å²) in [5, 5.41) is 0. The van der Waals surface area contributed by atoms with Crippen molar-refractivity contribution in [3.05, 3.63) is 66.2 Å². The van der Waals surface area contributed by atoms with Crippen LogP contribution in [0.4, 0.5) is 0 Å². The lowest BCUT2D eigenvalue weighted by molar-refractivity contribution is 0.0740. The van der Waals surface area contributed by atoms with Crippen LogP contribution in [0.15, 0.2) is 80.2 Å². The first-order valence-electron chi connectivity index (χ1n) is 14.8. The van der Waals surface area contributed by atoms with E-state index in [9.17, 15) is 34.4 Å². The average Bonchev–Trinajstić information content (AvgIpc) is 2.97. The Balaban J connectivity index is 2.04. The predicted octanol–water partition coefficient (Wildman–Crippen LogP) is 7.62. The molecule has 0 saturated carbocycles. The highest BCUT2D eigenvalue weighted by Crippen LogP contribution is 2.39. The molecule has 0 aliphatic heterocycles. The lowest BCUT2D eigenvalue weighted by Gasteiger charge is -2.30. The summed E-state index contributed by atoms with van der Waals surface area (Å²) < 4.78 is 109. The van der Waals surface area contributed by atoms with Gasteiger partial charge in [-0.15, -0.1) is 0 Å². The molecule has 10 nitrogen and oxygen atoms in total. The largest absolute Gasteiger partial charge is 0.488 e. The second-order valence-electron chi connectivity index (χ2n) is 11.6. The van der Waals surface area contributed by atoms with E-state index in [4.69, 9.17) is 9.47 Å². The monoisotopic (exact) mass is 682 g/mol. The molecule has 0 heterocycles. The summed E-state index contributed by atoms with van der Waals surface area (Å²) in [7, 11) is -14.3. The van der Waals surface area contributed by atoms with Crippen molar-refractivity contribution in [2.24, 2.45) is 0 Å². The van der Waals surface area contributed by atoms with Crippen LogP contribution in [0.3, 0.4) is 0 Å². The van der Waals surface area contributed by atoms with E-state index < -0.39 is 55.1 Å². The van der Waals surface area contributed by atoms with Crippen LogP contribution < -0.4 is 9.47 Å². The van der Waals surface area contributed by atoms with Crippen LogP contribution in [0.1, 0.15) is 85.6 Å². The van der Waals surface area contributed by atoms with E-state index in [1.807, 2.05) is 34.6 Å². The van der Waals surface area contributed by atoms with Crippen LogP contribution >= 0.6 is 0 Å². The lowest BCUT2D eigenvalue weighted by Crippen LogP contribution is -2.31. The minimum atomic E-state index is -4.98. The van der Waals surface area contributed by atoms with Crippen molar-refractivity contribution in [3.63, 3.8) is 0 Å². The van der Waals surface area contributed by atoms with Gasteiger partial charge >= 0.3 is 0 Å². The Bertz CT molecular complexity index is 1830. The molecular formula is C32H42O10S3. The summed E-state index contributed by atoms with van der Waals surface area (Å²) in [6.45, 7) is 11.8. The van der Waals surface area contributed by atoms with Gasteiger partial charge < -0.3 is 9.47 Å². The highest BCUT2D eigenvalue weighted by molar-refractivity contribution is 7.91. The molecule has 248 valence electrons. The van der Waals surface area contributed by atoms with Crippen molar-refractivity contribution >= 4 is 30.1 Å². The van der Waals surface area contributed by atoms with Gasteiger partial charge in [0.2, 0.25) is 9.84 Å². The molecule has 0 saturated heterocycles. The van der Waals surface area contributed by atoms with E-state index >= 15 is 0 Å². The Kier molecular flexibility index (Phi) is 11.2. The Hall–Kier alpha value is -2.97. The number of hydrogen-bond acceptors (Lipinski definition) is 8. The molecule has 3 aromatic rings. The van der Waals surface area contributed by atoms with Gasteiger partial charge in [-0.2, -0.15) is 16.8 Å². The molecule has 0 fully saturated rings. The van der Waals surface area contributed by atoms with Crippen LogP contribution in [-0.2, 0) is 35.5 Å². The second-order valence-corrected chi connectivity index (χ2v) is 16.3. The first-order valence-corrected chi connectivity index (χ1v) is 19.2. The zero-order chi connectivity index (χ0) is 33.8. The van der Waals surface area contributed by atoms with Crippen LogP contribution in [0.5, 0.6) is 17.2 Å². The maximum atomic E-state index is 13.6. The molecule has 0 radical (unpaired) electrons. The van der Waals surface area contributed by atoms with Gasteiger partial charge in [0, 0.05) is 0 Å². The first-order chi connectivity index (χ1) is 20.8. The Labute approximate surface area is 267 Å². The normalized spacial score (nSPS) is 15.2. The maximum Gasteiger partial charge on any atom is 0.298 e. The van der Waals surface area contributed by atoms with Crippen molar-refractivity contribution in [2.75, 3.05) is 0 Å². The van der Waals surface area contributed by atoms with Crippen molar-refractivity contribution in [1.29, 1.82) is 0 Å². The number of hydrogen-bond donors (Lipinski definition) is 2. The summed E-state index contributed by atoms with van der Waals surface area (Å²) in [4.78, 5) is -2.38. The minimum absolute atomic E-state index is 0.205. The van der Waals surface area contributed by atoms with E-state index in [0.29, 0.717) is 18.6 Å². The van der Waals surface area contributed by atoms with E-state index in [1.54, 1.807) is 24.3 Å². The topological polar surface area (TPSA) is 161 Å². The molecule has 3 aromatic carbocycles. The van der Waals surface area contributed by atoms with Gasteiger partial charge in [0.05, 0.1) is 14.7 Å². The molecule has 0 amide bonds. The molecule has 3 rings (SSSR count). The van der Waals surface area contributed by atoms with Gasteiger partial charge in [0.15, 0.2) is 0 Å². The average molecular weight is 683 g/mol. The molecule has 0 aliphatic carbocycles. The number of rotatable bonds is 15. The smallest absolute Gasteiger partial charge is 0.298 e. The third kappa shape index (κ3) is 8.44. The molecule has 13 heteroatoms. The highest BCUT2D eigenvalue weighted by atomic mass is 32.2. The molecule has 45 heavy (non-hydrogen) atoms. The van der Waals surface area contributed by atoms with Gasteiger partial charge in [0.1, 0.15) is 27.7 Å². The summed E-state index contributed by atoms with van der Waals surface area (Å²) in [6, 6.07) is 12.8. The zero-order valence-electron chi connectivity index (χ0n) is 26.4. The maximum absolute atomic E-state index is 13.6. The minimum Gasteiger partial charge on any atom is -0.488 e. The molecule has 2 atom stereocenters. The summed E-state index contributed by atoms with van der Waals surface area (Å²) in [5.41, 5.74) is -0.740. The van der Waals surface area contributed by atoms with Crippen LogP contribution in [0, 0.1) is 0 Å². The Morgan fingerprint density at radius 2 is 1.16 bits per heavy atom. The fourth-order valence-electron chi connectivity index (χ4n) is 5.33. The summed E-state index contributed by atoms with van der Waals surface area (Å²) >= 11 is 0. The highest BCUT2D eigenvalue weighted by Gasteiger charge is 2.33. The fourth-order valence-corrected chi connectivity index (χ4v) is 8.30. The van der Waals surface area contributed by atoms with Crippen LogP contribution in [-0.4, -0.2) is 40.0 Å². The SMILES string of the molecule is CCCC(C)(CC)Oc1ccc(Oc2ccc(S(=O)(=O)c3ccc(C(C)(CC)CCC)c(S(=O)(=O)O)c3)cc2S(=O)(=O)O)cc1. The van der Waals surface area contributed by atoms with E-state index in [2.05, 4.69) is 6.92 Å². The van der Waals surface area contributed by atoms with Crippen LogP contribution in [0.2, 0.25) is 0 Å². The van der Waals surface area contributed by atoms with Gasteiger partial charge in [-0.05, 0) is 98.2 Å². The van der Waals surface area contributed by atoms with Gasteiger partial charge in [-0.25, -0.2) is 8.42 Å². The van der Waals surface area contributed by atoms with Crippen molar-refractivity contribution in [1.82, 2.24) is 0 Å². The lowest BCUT2D eigenvalue weighted by atomic mass is 9.76. The molecule has 0 bridgehead atoms. The van der Waals surface area contributed by atoms with E-state index in [0.717, 1.165) is 49.9 Å². The zero-order valence-corrected chi connectivity index (χ0v) is 28.9. The third-order valence-electron chi connectivity index (χ3n) is 8.22. The Morgan fingerprint density at radius 3 is 1.64 bits per heavy atom. The number of ether oxygens (including phenoxy) is 2. The van der Waals surface area contributed by atoms with Gasteiger partial charge in [-0.3, -0.25) is 9.11 Å². The standard InChI is InChI=1S/C32H42O10S3/c1-7-19-31(5,9-3)27-17-15-25(21-29(27)44(35,36)37)43(33,34)26-16-18-28(30(22-26)45(38,39)40)41-23-11-13-24(14-12-23)42-32(6,10-4)20-8-2/h11-18,21-22H,7-10,19-20H2,1-6H3,(H,35,36,37)(H,38,39,40). The molecule has 0 spiro atoms. The fraction of sp³-hybridized carbons (Fsp3) is 0.438. The molecule has 2 unspecified atom stereocenters. The number of sulfone groups is 1. The van der Waals surface area contributed by atoms with Crippen molar-refractivity contribution in [3.8, 4) is 17.2 Å². The van der Waals surface area contributed by atoms with Gasteiger partial charge in [-0.1, -0.05) is 53.5 Å². The predicted molar refractivity (Wildman–Crippen MR) is 171 cm³/mol. The summed E-state index contributed by atoms with van der Waals surface area (Å²) in [6.07, 6.45) is 4.43. The Morgan fingerprint density at radius 1 is 0.644 bits per heavy atom. The molecule has 2 N–H and O–H groups in total. The first kappa shape index (κ1) is 36.5. The van der Waals surface area contributed by atoms with Gasteiger partial charge in [0.25, 0.3) is 20.2 Å². The third-order valence-corrected chi connectivity index (χ3v) is 11.7. The van der Waals surface area contributed by atoms with Crippen molar-refractivity contribution in [2.45, 2.75) is 111 Å². The molecular weight excluding hydrogens is 641 g/mol. The number of benzene rings is 3. The van der Waals surface area contributed by atoms with E-state index in [-0.39, 0.29) is 22.7 Å².